The summed E-state index contributed by atoms with van der Waals surface area (Å²) in [4.78, 5) is 25.7. The topological polar surface area (TPSA) is 102 Å². The molecule has 1 fully saturated rings. The molecular weight excluding hydrogens is 470 g/mol. The van der Waals surface area contributed by atoms with Crippen molar-refractivity contribution in [2.24, 2.45) is 0 Å². The van der Waals surface area contributed by atoms with E-state index >= 15 is 0 Å². The van der Waals surface area contributed by atoms with Crippen molar-refractivity contribution < 1.29 is 14.2 Å². The van der Waals surface area contributed by atoms with Crippen molar-refractivity contribution in [2.75, 3.05) is 37.0 Å². The second kappa shape index (κ2) is 9.94. The number of pyridine rings is 1. The van der Waals surface area contributed by atoms with Crippen LogP contribution in [-0.4, -0.2) is 41.8 Å². The number of hydrogen-bond donors (Lipinski definition) is 2. The highest BCUT2D eigenvalue weighted by Gasteiger charge is 2.29. The van der Waals surface area contributed by atoms with E-state index in [0.717, 1.165) is 46.0 Å². The molecule has 6 rings (SSSR count). The third-order valence-electron chi connectivity index (χ3n) is 6.68. The fourth-order valence-electron chi connectivity index (χ4n) is 4.84. The fourth-order valence-corrected chi connectivity index (χ4v) is 4.84. The molecule has 188 valence electrons. The van der Waals surface area contributed by atoms with Gasteiger partial charge in [-0.15, -0.1) is 0 Å². The van der Waals surface area contributed by atoms with Crippen molar-refractivity contribution >= 4 is 11.4 Å². The van der Waals surface area contributed by atoms with Crippen molar-refractivity contribution in [3.05, 3.63) is 99.9 Å². The standard InChI is InChI=1S/C28H27N5O4/c1-35-26-16-29-14-21(32-26)15-31-20-7-8-24-19(13-20)12-18-4-2-5-22(27(18)37-24)25-17-33(10-11-36-25)23-6-3-9-30-28(23)34/h2-9,13-14,16,25,31H,10-12,15,17H2,1H3,(H,30,34). The van der Waals surface area contributed by atoms with E-state index in [9.17, 15) is 4.79 Å². The molecule has 1 unspecified atom stereocenters. The maximum absolute atomic E-state index is 12.3. The smallest absolute Gasteiger partial charge is 0.271 e. The molecule has 0 amide bonds. The van der Waals surface area contributed by atoms with E-state index in [1.165, 1.54) is 0 Å². The number of ether oxygens (including phenoxy) is 3. The molecule has 37 heavy (non-hydrogen) atoms. The molecule has 4 heterocycles. The van der Waals surface area contributed by atoms with E-state index in [2.05, 4.69) is 43.4 Å². The Morgan fingerprint density at radius 2 is 2.11 bits per heavy atom. The molecule has 2 aliphatic rings. The highest BCUT2D eigenvalue weighted by atomic mass is 16.5. The molecular formula is C28H27N5O4. The number of benzene rings is 2. The van der Waals surface area contributed by atoms with Gasteiger partial charge in [0.25, 0.3) is 5.56 Å². The second-order valence-electron chi connectivity index (χ2n) is 9.03. The van der Waals surface area contributed by atoms with Crippen molar-refractivity contribution in [1.82, 2.24) is 15.0 Å². The van der Waals surface area contributed by atoms with Gasteiger partial charge in [0.2, 0.25) is 5.88 Å². The second-order valence-corrected chi connectivity index (χ2v) is 9.03. The number of fused-ring (bicyclic) bond motifs is 2. The van der Waals surface area contributed by atoms with Gasteiger partial charge in [0, 0.05) is 42.5 Å². The third-order valence-corrected chi connectivity index (χ3v) is 6.68. The summed E-state index contributed by atoms with van der Waals surface area (Å²) in [6, 6.07) is 16.0. The molecule has 4 aromatic rings. The van der Waals surface area contributed by atoms with Gasteiger partial charge in [0.05, 0.1) is 38.3 Å². The van der Waals surface area contributed by atoms with Gasteiger partial charge < -0.3 is 29.4 Å². The highest BCUT2D eigenvalue weighted by Crippen LogP contribution is 2.43. The number of aromatic nitrogens is 3. The van der Waals surface area contributed by atoms with Crippen LogP contribution in [0.3, 0.4) is 0 Å². The molecule has 0 saturated carbocycles. The minimum absolute atomic E-state index is 0.0914. The number of hydrogen-bond acceptors (Lipinski definition) is 8. The molecule has 1 saturated heterocycles. The third kappa shape index (κ3) is 4.73. The number of H-pyrrole nitrogens is 1. The first-order valence-corrected chi connectivity index (χ1v) is 12.2. The van der Waals surface area contributed by atoms with Gasteiger partial charge in [0.15, 0.2) is 0 Å². The van der Waals surface area contributed by atoms with Crippen LogP contribution < -0.4 is 25.2 Å². The molecule has 0 spiro atoms. The minimum Gasteiger partial charge on any atom is -0.480 e. The Balaban J connectivity index is 1.20. The summed E-state index contributed by atoms with van der Waals surface area (Å²) in [7, 11) is 1.58. The van der Waals surface area contributed by atoms with E-state index < -0.39 is 0 Å². The fraction of sp³-hybridized carbons (Fsp3) is 0.250. The zero-order valence-corrected chi connectivity index (χ0v) is 20.4. The normalized spacial score (nSPS) is 16.4. The molecule has 2 N–H and O–H groups in total. The number of rotatable bonds is 6. The summed E-state index contributed by atoms with van der Waals surface area (Å²) in [5, 5.41) is 3.41. The van der Waals surface area contributed by atoms with Gasteiger partial charge in [-0.05, 0) is 35.9 Å². The summed E-state index contributed by atoms with van der Waals surface area (Å²) < 4.78 is 17.8. The number of morpholine rings is 1. The number of methoxy groups -OCH3 is 1. The zero-order valence-electron chi connectivity index (χ0n) is 20.4. The van der Waals surface area contributed by atoms with Gasteiger partial charge in [-0.2, -0.15) is 0 Å². The van der Waals surface area contributed by atoms with Crippen LogP contribution in [0, 0.1) is 0 Å². The maximum atomic E-state index is 12.3. The molecule has 9 heteroatoms. The molecule has 2 aromatic heterocycles. The van der Waals surface area contributed by atoms with Crippen LogP contribution in [0.5, 0.6) is 17.4 Å². The number of anilines is 2. The summed E-state index contributed by atoms with van der Waals surface area (Å²) in [6.07, 6.45) is 5.51. The zero-order chi connectivity index (χ0) is 25.2. The van der Waals surface area contributed by atoms with Crippen molar-refractivity contribution in [3.8, 4) is 17.4 Å². The average Bonchev–Trinajstić information content (AvgIpc) is 2.95. The van der Waals surface area contributed by atoms with E-state index in [0.29, 0.717) is 37.8 Å². The lowest BCUT2D eigenvalue weighted by Gasteiger charge is -2.35. The summed E-state index contributed by atoms with van der Waals surface area (Å²) in [5.74, 6) is 2.17. The maximum Gasteiger partial charge on any atom is 0.271 e. The van der Waals surface area contributed by atoms with Gasteiger partial charge in [-0.25, -0.2) is 4.98 Å². The van der Waals surface area contributed by atoms with E-state index in [1.54, 1.807) is 25.7 Å². The van der Waals surface area contributed by atoms with Gasteiger partial charge in [-0.3, -0.25) is 9.78 Å². The first-order valence-electron chi connectivity index (χ1n) is 12.2. The first kappa shape index (κ1) is 23.1. The minimum atomic E-state index is -0.199. The molecule has 0 aliphatic carbocycles. The van der Waals surface area contributed by atoms with Crippen LogP contribution >= 0.6 is 0 Å². The summed E-state index contributed by atoms with van der Waals surface area (Å²) in [5.41, 5.74) is 5.55. The Labute approximate surface area is 214 Å². The highest BCUT2D eigenvalue weighted by molar-refractivity contribution is 5.59. The van der Waals surface area contributed by atoms with Crippen LogP contribution in [0.25, 0.3) is 0 Å². The monoisotopic (exact) mass is 497 g/mol. The molecule has 9 nitrogen and oxygen atoms in total. The van der Waals surface area contributed by atoms with Crippen molar-refractivity contribution in [2.45, 2.75) is 19.1 Å². The van der Waals surface area contributed by atoms with Crippen LogP contribution in [0.2, 0.25) is 0 Å². The number of nitrogens with zero attached hydrogens (tertiary/aromatic N) is 3. The Hall–Kier alpha value is -4.37. The lowest BCUT2D eigenvalue weighted by molar-refractivity contribution is 0.0383. The predicted octanol–water partition coefficient (Wildman–Crippen LogP) is 4.06. The van der Waals surface area contributed by atoms with Crippen LogP contribution in [-0.2, 0) is 17.7 Å². The Bertz CT molecular complexity index is 1490. The van der Waals surface area contributed by atoms with E-state index in [-0.39, 0.29) is 11.7 Å². The van der Waals surface area contributed by atoms with Gasteiger partial charge >= 0.3 is 0 Å². The van der Waals surface area contributed by atoms with E-state index in [1.807, 2.05) is 30.3 Å². The predicted molar refractivity (Wildman–Crippen MR) is 140 cm³/mol. The molecule has 2 aromatic carbocycles. The molecule has 1 atom stereocenters. The quantitative estimate of drug-likeness (QED) is 0.362. The largest absolute Gasteiger partial charge is 0.480 e. The number of nitrogens with one attached hydrogen (secondary N) is 2. The summed E-state index contributed by atoms with van der Waals surface area (Å²) in [6.45, 7) is 2.31. The Morgan fingerprint density at radius 3 is 3.00 bits per heavy atom. The van der Waals surface area contributed by atoms with E-state index in [4.69, 9.17) is 14.2 Å². The Kier molecular flexibility index (Phi) is 6.20. The number of aromatic amines is 1. The van der Waals surface area contributed by atoms with Crippen LogP contribution in [0.15, 0.2) is 71.9 Å². The summed E-state index contributed by atoms with van der Waals surface area (Å²) >= 11 is 0. The Morgan fingerprint density at radius 1 is 1.16 bits per heavy atom. The lowest BCUT2D eigenvalue weighted by Crippen LogP contribution is -2.41. The number of para-hydroxylation sites is 1. The molecule has 2 aliphatic heterocycles. The van der Waals surface area contributed by atoms with Gasteiger partial charge in [-0.1, -0.05) is 18.2 Å². The molecule has 0 bridgehead atoms. The van der Waals surface area contributed by atoms with Crippen LogP contribution in [0.4, 0.5) is 11.4 Å². The lowest BCUT2D eigenvalue weighted by atomic mass is 9.95. The average molecular weight is 498 g/mol. The van der Waals surface area contributed by atoms with Crippen molar-refractivity contribution in [1.29, 1.82) is 0 Å². The SMILES string of the molecule is COc1cncc(CNc2ccc3c(c2)Cc2cccc(C4CN(c5ccc[nH]c5=O)CCO4)c2O3)n1. The first-order chi connectivity index (χ1) is 18.2. The van der Waals surface area contributed by atoms with Crippen molar-refractivity contribution in [3.63, 3.8) is 0 Å². The van der Waals surface area contributed by atoms with Crippen LogP contribution in [0.1, 0.15) is 28.5 Å². The van der Waals surface area contributed by atoms with Gasteiger partial charge in [0.1, 0.15) is 23.3 Å². The molecule has 0 radical (unpaired) electrons.